The molecule has 0 saturated heterocycles. The van der Waals surface area contributed by atoms with Gasteiger partial charge in [0.15, 0.2) is 0 Å². The Morgan fingerprint density at radius 2 is 1.71 bits per heavy atom. The number of anilines is 3. The number of nitrogens with two attached hydrogens (primary N) is 1. The summed E-state index contributed by atoms with van der Waals surface area (Å²) in [5, 5.41) is 3.06. The Labute approximate surface area is 121 Å². The fraction of sp³-hybridized carbons (Fsp3) is 0. The molecule has 0 saturated carbocycles. The summed E-state index contributed by atoms with van der Waals surface area (Å²) in [6.07, 6.45) is 0. The van der Waals surface area contributed by atoms with Crippen molar-refractivity contribution in [1.29, 1.82) is 0 Å². The van der Waals surface area contributed by atoms with Crippen molar-refractivity contribution >= 4 is 17.3 Å². The highest BCUT2D eigenvalue weighted by Crippen LogP contribution is 2.18. The van der Waals surface area contributed by atoms with Gasteiger partial charge in [0.1, 0.15) is 0 Å². The van der Waals surface area contributed by atoms with Gasteiger partial charge in [0, 0.05) is 23.0 Å². The predicted molar refractivity (Wildman–Crippen MR) is 84.4 cm³/mol. The van der Waals surface area contributed by atoms with Gasteiger partial charge in [-0.2, -0.15) is 0 Å². The second kappa shape index (κ2) is 5.50. The van der Waals surface area contributed by atoms with Gasteiger partial charge in [0.25, 0.3) is 5.56 Å². The minimum absolute atomic E-state index is 0.207. The zero-order valence-electron chi connectivity index (χ0n) is 11.2. The molecule has 0 bridgehead atoms. The van der Waals surface area contributed by atoms with Crippen molar-refractivity contribution in [3.05, 3.63) is 71.0 Å². The van der Waals surface area contributed by atoms with Crippen molar-refractivity contribution in [2.24, 2.45) is 0 Å². The zero-order valence-corrected chi connectivity index (χ0v) is 11.2. The number of rotatable bonds is 3. The van der Waals surface area contributed by atoms with Crippen molar-refractivity contribution < 1.29 is 0 Å². The molecule has 0 radical (unpaired) electrons. The molecule has 0 spiro atoms. The molecular formula is C16H14N4O. The highest BCUT2D eigenvalue weighted by molar-refractivity contribution is 5.62. The van der Waals surface area contributed by atoms with E-state index in [1.165, 1.54) is 6.07 Å². The summed E-state index contributed by atoms with van der Waals surface area (Å²) in [5.41, 5.74) is 8.44. The Morgan fingerprint density at radius 3 is 2.43 bits per heavy atom. The molecule has 4 N–H and O–H groups in total. The van der Waals surface area contributed by atoms with E-state index in [-0.39, 0.29) is 5.56 Å². The monoisotopic (exact) mass is 278 g/mol. The number of benzene rings is 2. The molecule has 5 heteroatoms. The van der Waals surface area contributed by atoms with E-state index < -0.39 is 0 Å². The third-order valence-corrected chi connectivity index (χ3v) is 2.98. The van der Waals surface area contributed by atoms with Gasteiger partial charge in [0.2, 0.25) is 5.95 Å². The molecule has 1 heterocycles. The van der Waals surface area contributed by atoms with E-state index in [1.54, 1.807) is 12.1 Å². The zero-order chi connectivity index (χ0) is 14.7. The van der Waals surface area contributed by atoms with Crippen LogP contribution in [0.1, 0.15) is 0 Å². The summed E-state index contributed by atoms with van der Waals surface area (Å²) < 4.78 is 0. The maximum atomic E-state index is 11.8. The number of aromatic nitrogens is 2. The molecule has 0 fully saturated rings. The van der Waals surface area contributed by atoms with Crippen LogP contribution in [0.5, 0.6) is 0 Å². The van der Waals surface area contributed by atoms with Crippen molar-refractivity contribution in [2.45, 2.75) is 0 Å². The van der Waals surface area contributed by atoms with Gasteiger partial charge >= 0.3 is 0 Å². The Balaban J connectivity index is 1.95. The second-order valence-electron chi connectivity index (χ2n) is 4.59. The Kier molecular flexibility index (Phi) is 3.39. The van der Waals surface area contributed by atoms with Crippen LogP contribution in [-0.4, -0.2) is 9.97 Å². The number of hydrogen-bond acceptors (Lipinski definition) is 4. The van der Waals surface area contributed by atoms with Crippen LogP contribution in [0.2, 0.25) is 0 Å². The average Bonchev–Trinajstić information content (AvgIpc) is 2.50. The quantitative estimate of drug-likeness (QED) is 0.643. The van der Waals surface area contributed by atoms with E-state index in [0.717, 1.165) is 11.3 Å². The SMILES string of the molecule is Nc1ccc(Nc2nc(-c3ccccc3)cc(=O)[nH]2)cc1. The van der Waals surface area contributed by atoms with Gasteiger partial charge in [0.05, 0.1) is 5.69 Å². The molecular weight excluding hydrogens is 264 g/mol. The molecule has 0 amide bonds. The molecule has 0 atom stereocenters. The van der Waals surface area contributed by atoms with Gasteiger partial charge < -0.3 is 11.1 Å². The molecule has 0 aliphatic carbocycles. The number of aromatic amines is 1. The standard InChI is InChI=1S/C16H14N4O/c17-12-6-8-13(9-7-12)18-16-19-14(10-15(21)20-16)11-4-2-1-3-5-11/h1-10H,17H2,(H2,18,19,20,21). The lowest BCUT2D eigenvalue weighted by molar-refractivity contribution is 1.13. The highest BCUT2D eigenvalue weighted by Gasteiger charge is 2.04. The van der Waals surface area contributed by atoms with Crippen molar-refractivity contribution in [3.63, 3.8) is 0 Å². The second-order valence-corrected chi connectivity index (χ2v) is 4.59. The van der Waals surface area contributed by atoms with Crippen molar-refractivity contribution in [3.8, 4) is 11.3 Å². The van der Waals surface area contributed by atoms with E-state index in [0.29, 0.717) is 17.3 Å². The molecule has 3 rings (SSSR count). The summed E-state index contributed by atoms with van der Waals surface area (Å²) in [5.74, 6) is 0.395. The Morgan fingerprint density at radius 1 is 1.00 bits per heavy atom. The van der Waals surface area contributed by atoms with Crippen molar-refractivity contribution in [1.82, 2.24) is 9.97 Å². The maximum absolute atomic E-state index is 11.8. The lowest BCUT2D eigenvalue weighted by Crippen LogP contribution is -2.10. The minimum atomic E-state index is -0.207. The summed E-state index contributed by atoms with van der Waals surface area (Å²) in [4.78, 5) is 18.9. The average molecular weight is 278 g/mol. The number of hydrogen-bond donors (Lipinski definition) is 3. The number of nitrogens with one attached hydrogen (secondary N) is 2. The topological polar surface area (TPSA) is 83.8 Å². The van der Waals surface area contributed by atoms with E-state index in [1.807, 2.05) is 42.5 Å². The van der Waals surface area contributed by atoms with E-state index in [2.05, 4.69) is 15.3 Å². The molecule has 21 heavy (non-hydrogen) atoms. The lowest BCUT2D eigenvalue weighted by atomic mass is 10.1. The summed E-state index contributed by atoms with van der Waals surface area (Å²) >= 11 is 0. The van der Waals surface area contributed by atoms with Crippen LogP contribution in [-0.2, 0) is 0 Å². The van der Waals surface area contributed by atoms with Gasteiger partial charge in [-0.05, 0) is 24.3 Å². The first kappa shape index (κ1) is 12.9. The molecule has 5 nitrogen and oxygen atoms in total. The van der Waals surface area contributed by atoms with Gasteiger partial charge in [-0.25, -0.2) is 4.98 Å². The van der Waals surface area contributed by atoms with Crippen LogP contribution in [0.4, 0.5) is 17.3 Å². The third-order valence-electron chi connectivity index (χ3n) is 2.98. The summed E-state index contributed by atoms with van der Waals surface area (Å²) in [6, 6.07) is 18.2. The summed E-state index contributed by atoms with van der Waals surface area (Å²) in [7, 11) is 0. The van der Waals surface area contributed by atoms with Crippen LogP contribution in [0, 0.1) is 0 Å². The van der Waals surface area contributed by atoms with Gasteiger partial charge in [-0.3, -0.25) is 9.78 Å². The lowest BCUT2D eigenvalue weighted by Gasteiger charge is -2.07. The van der Waals surface area contributed by atoms with E-state index in [9.17, 15) is 4.79 Å². The van der Waals surface area contributed by atoms with E-state index >= 15 is 0 Å². The molecule has 0 aliphatic rings. The minimum Gasteiger partial charge on any atom is -0.399 e. The Bertz CT molecular complexity index is 795. The first-order chi connectivity index (χ1) is 10.2. The van der Waals surface area contributed by atoms with Gasteiger partial charge in [-0.1, -0.05) is 30.3 Å². The van der Waals surface area contributed by atoms with Crippen LogP contribution in [0.25, 0.3) is 11.3 Å². The molecule has 2 aromatic carbocycles. The fourth-order valence-electron chi connectivity index (χ4n) is 1.98. The van der Waals surface area contributed by atoms with Crippen LogP contribution in [0.3, 0.4) is 0 Å². The van der Waals surface area contributed by atoms with Gasteiger partial charge in [-0.15, -0.1) is 0 Å². The smallest absolute Gasteiger partial charge is 0.252 e. The molecule has 0 aliphatic heterocycles. The van der Waals surface area contributed by atoms with Crippen molar-refractivity contribution in [2.75, 3.05) is 11.1 Å². The molecule has 0 unspecified atom stereocenters. The third kappa shape index (κ3) is 3.09. The summed E-state index contributed by atoms with van der Waals surface area (Å²) in [6.45, 7) is 0. The Hall–Kier alpha value is -3.08. The first-order valence-corrected chi connectivity index (χ1v) is 6.50. The number of H-pyrrole nitrogens is 1. The fourth-order valence-corrected chi connectivity index (χ4v) is 1.98. The molecule has 1 aromatic heterocycles. The highest BCUT2D eigenvalue weighted by atomic mass is 16.1. The van der Waals surface area contributed by atoms with Crippen LogP contribution < -0.4 is 16.6 Å². The molecule has 3 aromatic rings. The van der Waals surface area contributed by atoms with Crippen LogP contribution >= 0.6 is 0 Å². The number of nitrogen functional groups attached to an aromatic ring is 1. The first-order valence-electron chi connectivity index (χ1n) is 6.50. The van der Waals surface area contributed by atoms with Crippen LogP contribution in [0.15, 0.2) is 65.5 Å². The molecule has 104 valence electrons. The normalized spacial score (nSPS) is 10.3. The van der Waals surface area contributed by atoms with E-state index in [4.69, 9.17) is 5.73 Å². The number of nitrogens with zero attached hydrogens (tertiary/aromatic N) is 1. The maximum Gasteiger partial charge on any atom is 0.252 e. The predicted octanol–water partition coefficient (Wildman–Crippen LogP) is 2.76. The largest absolute Gasteiger partial charge is 0.399 e.